The van der Waals surface area contributed by atoms with Crippen LogP contribution >= 0.6 is 0 Å². The van der Waals surface area contributed by atoms with Crippen LogP contribution in [0.25, 0.3) is 109 Å². The van der Waals surface area contributed by atoms with Crippen LogP contribution in [0.5, 0.6) is 0 Å². The highest BCUT2D eigenvalue weighted by molar-refractivity contribution is 6.13. The quantitative estimate of drug-likeness (QED) is 0.169. The van der Waals surface area contributed by atoms with E-state index in [1.807, 2.05) is 0 Å². The molecule has 0 bridgehead atoms. The molecule has 0 radical (unpaired) electrons. The fourth-order valence-electron chi connectivity index (χ4n) is 9.38. The molecule has 0 aliphatic rings. The number of hydrogen-bond acceptors (Lipinski definition) is 0. The van der Waals surface area contributed by atoms with Crippen molar-refractivity contribution in [3.05, 3.63) is 170 Å². The molecule has 0 unspecified atom stereocenters. The Bertz CT molecular complexity index is 3400. The zero-order valence-corrected chi connectivity index (χ0v) is 32.0. The number of nitrogens with zero attached hydrogens (tertiary/aromatic N) is 4. The number of para-hydroxylation sites is 4. The molecule has 0 saturated carbocycles. The standard InChI is InChI=1S/2C26H20N2/c1-27-24-10-6-4-8-20(24)22-15-17(12-14-25(22)27)18-11-13-21-19-7-3-5-9-23(19)28(2)26(21)16-18;1-27-23-9-5-3-7-19(23)21-15-17(11-13-25(21)27)18-12-14-26-22(16-18)20-8-4-6-10-24(20)28(26)2/h2*3-16H,1-2H3. The fourth-order valence-corrected chi connectivity index (χ4v) is 9.38. The van der Waals surface area contributed by atoms with E-state index in [2.05, 4.69) is 216 Å². The molecule has 0 aliphatic heterocycles. The highest BCUT2D eigenvalue weighted by atomic mass is 14.9. The number of benzene rings is 8. The van der Waals surface area contributed by atoms with Gasteiger partial charge < -0.3 is 18.3 Å². The molecule has 0 fully saturated rings. The third-order valence-electron chi connectivity index (χ3n) is 12.3. The molecule has 0 amide bonds. The van der Waals surface area contributed by atoms with Gasteiger partial charge in [0.25, 0.3) is 0 Å². The third-order valence-corrected chi connectivity index (χ3v) is 12.3. The zero-order valence-electron chi connectivity index (χ0n) is 32.0. The number of hydrogen-bond donors (Lipinski definition) is 0. The molecule has 4 nitrogen and oxygen atoms in total. The average molecular weight is 721 g/mol. The lowest BCUT2D eigenvalue weighted by atomic mass is 10.0. The van der Waals surface area contributed by atoms with Gasteiger partial charge in [-0.25, -0.2) is 0 Å². The summed E-state index contributed by atoms with van der Waals surface area (Å²) in [5.41, 5.74) is 15.2. The topological polar surface area (TPSA) is 19.7 Å². The molecule has 0 atom stereocenters. The van der Waals surface area contributed by atoms with Crippen LogP contribution in [-0.2, 0) is 28.2 Å². The van der Waals surface area contributed by atoms with Crippen molar-refractivity contribution >= 4 is 87.2 Å². The monoisotopic (exact) mass is 720 g/mol. The Morgan fingerprint density at radius 1 is 0.214 bits per heavy atom. The Kier molecular flexibility index (Phi) is 7.08. The molecule has 0 spiro atoms. The number of fused-ring (bicyclic) bond motifs is 12. The summed E-state index contributed by atoms with van der Waals surface area (Å²) in [5, 5.41) is 10.5. The van der Waals surface area contributed by atoms with Crippen LogP contribution in [-0.4, -0.2) is 18.3 Å². The summed E-state index contributed by atoms with van der Waals surface area (Å²) in [4.78, 5) is 0. The Balaban J connectivity index is 0.000000130. The van der Waals surface area contributed by atoms with Gasteiger partial charge in [-0.1, -0.05) is 103 Å². The second kappa shape index (κ2) is 12.2. The first-order chi connectivity index (χ1) is 27.4. The van der Waals surface area contributed by atoms with Gasteiger partial charge >= 0.3 is 0 Å². The van der Waals surface area contributed by atoms with Gasteiger partial charge in [-0.2, -0.15) is 0 Å². The summed E-state index contributed by atoms with van der Waals surface area (Å²) in [7, 11) is 8.59. The highest BCUT2D eigenvalue weighted by Crippen LogP contribution is 2.37. The van der Waals surface area contributed by atoms with E-state index in [9.17, 15) is 0 Å². The van der Waals surface area contributed by atoms with E-state index in [0.29, 0.717) is 0 Å². The Morgan fingerprint density at radius 3 is 0.839 bits per heavy atom. The lowest BCUT2D eigenvalue weighted by Gasteiger charge is -2.05. The Labute approximate surface area is 324 Å². The van der Waals surface area contributed by atoms with Crippen LogP contribution in [0, 0.1) is 0 Å². The maximum atomic E-state index is 2.34. The second-order valence-corrected chi connectivity index (χ2v) is 15.2. The summed E-state index contributed by atoms with van der Waals surface area (Å²) in [5.74, 6) is 0. The van der Waals surface area contributed by atoms with Gasteiger partial charge in [0, 0.05) is 115 Å². The van der Waals surface area contributed by atoms with E-state index in [0.717, 1.165) is 0 Å². The van der Waals surface area contributed by atoms with Crippen molar-refractivity contribution in [3.8, 4) is 22.3 Å². The van der Waals surface area contributed by atoms with E-state index in [4.69, 9.17) is 0 Å². The number of rotatable bonds is 2. The van der Waals surface area contributed by atoms with Crippen molar-refractivity contribution in [2.24, 2.45) is 28.2 Å². The third kappa shape index (κ3) is 4.72. The zero-order chi connectivity index (χ0) is 37.7. The number of aryl methyl sites for hydroxylation is 4. The average Bonchev–Trinajstić information content (AvgIpc) is 3.92. The maximum absolute atomic E-state index is 2.34. The summed E-state index contributed by atoms with van der Waals surface area (Å²) in [6, 6.07) is 61.9. The summed E-state index contributed by atoms with van der Waals surface area (Å²) in [6.45, 7) is 0. The molecular formula is C52H40N4. The molecular weight excluding hydrogens is 681 g/mol. The van der Waals surface area contributed by atoms with Crippen LogP contribution in [0.4, 0.5) is 0 Å². The van der Waals surface area contributed by atoms with Crippen LogP contribution in [0.3, 0.4) is 0 Å². The molecule has 268 valence electrons. The van der Waals surface area contributed by atoms with E-state index in [-0.39, 0.29) is 0 Å². The van der Waals surface area contributed by atoms with Crippen LogP contribution in [0.15, 0.2) is 170 Å². The van der Waals surface area contributed by atoms with Gasteiger partial charge in [-0.3, -0.25) is 0 Å². The van der Waals surface area contributed by atoms with Crippen LogP contribution in [0.1, 0.15) is 0 Å². The van der Waals surface area contributed by atoms with Crippen molar-refractivity contribution in [1.29, 1.82) is 0 Å². The smallest absolute Gasteiger partial charge is 0.0494 e. The summed E-state index contributed by atoms with van der Waals surface area (Å²) < 4.78 is 9.14. The van der Waals surface area contributed by atoms with Gasteiger partial charge in [0.15, 0.2) is 0 Å². The largest absolute Gasteiger partial charge is 0.344 e. The minimum absolute atomic E-state index is 1.26. The molecule has 4 heteroatoms. The first-order valence-corrected chi connectivity index (χ1v) is 19.3. The predicted molar refractivity (Wildman–Crippen MR) is 240 cm³/mol. The van der Waals surface area contributed by atoms with E-state index < -0.39 is 0 Å². The van der Waals surface area contributed by atoms with Crippen LogP contribution < -0.4 is 0 Å². The molecule has 56 heavy (non-hydrogen) atoms. The van der Waals surface area contributed by atoms with Crippen molar-refractivity contribution in [2.75, 3.05) is 0 Å². The second-order valence-electron chi connectivity index (χ2n) is 15.2. The van der Waals surface area contributed by atoms with Crippen molar-refractivity contribution in [1.82, 2.24) is 18.3 Å². The summed E-state index contributed by atoms with van der Waals surface area (Å²) in [6.07, 6.45) is 0. The molecule has 4 heterocycles. The van der Waals surface area contributed by atoms with Gasteiger partial charge in [-0.05, 0) is 89.0 Å². The SMILES string of the molecule is Cn1c2ccccc2c2cc(-c3ccc4c(c3)c3ccccc3n4C)ccc21.Cn1c2ccccc2c2cc(-c3ccc4c5ccccc5n(C)c4c3)ccc21. The first-order valence-electron chi connectivity index (χ1n) is 19.3. The normalized spacial score (nSPS) is 11.9. The minimum Gasteiger partial charge on any atom is -0.344 e. The minimum atomic E-state index is 1.26. The molecule has 0 aliphatic carbocycles. The van der Waals surface area contributed by atoms with Gasteiger partial charge in [0.05, 0.1) is 0 Å². The van der Waals surface area contributed by atoms with Crippen molar-refractivity contribution < 1.29 is 0 Å². The van der Waals surface area contributed by atoms with Crippen molar-refractivity contribution in [2.45, 2.75) is 0 Å². The number of aromatic nitrogens is 4. The molecule has 0 saturated heterocycles. The summed E-state index contributed by atoms with van der Waals surface area (Å²) >= 11 is 0. The van der Waals surface area contributed by atoms with E-state index in [1.165, 1.54) is 109 Å². The van der Waals surface area contributed by atoms with Gasteiger partial charge in [0.2, 0.25) is 0 Å². The molecule has 8 aromatic carbocycles. The lowest BCUT2D eigenvalue weighted by molar-refractivity contribution is 1.01. The van der Waals surface area contributed by atoms with Crippen molar-refractivity contribution in [3.63, 3.8) is 0 Å². The molecule has 12 rings (SSSR count). The molecule has 12 aromatic rings. The van der Waals surface area contributed by atoms with E-state index >= 15 is 0 Å². The Hall–Kier alpha value is -7.04. The van der Waals surface area contributed by atoms with E-state index in [1.54, 1.807) is 0 Å². The molecule has 0 N–H and O–H groups in total. The highest BCUT2D eigenvalue weighted by Gasteiger charge is 2.14. The predicted octanol–water partition coefficient (Wildman–Crippen LogP) is 13.3. The van der Waals surface area contributed by atoms with Gasteiger partial charge in [0.1, 0.15) is 0 Å². The van der Waals surface area contributed by atoms with Crippen LogP contribution in [0.2, 0.25) is 0 Å². The molecule has 4 aromatic heterocycles. The Morgan fingerprint density at radius 2 is 0.464 bits per heavy atom. The lowest BCUT2D eigenvalue weighted by Crippen LogP contribution is -1.87. The van der Waals surface area contributed by atoms with Gasteiger partial charge in [-0.15, -0.1) is 0 Å². The fraction of sp³-hybridized carbons (Fsp3) is 0.0769. The first kappa shape index (κ1) is 32.4. The maximum Gasteiger partial charge on any atom is 0.0494 e.